The molecule has 1 aromatic heterocycles. The van der Waals surface area contributed by atoms with Gasteiger partial charge < -0.3 is 25.5 Å². The van der Waals surface area contributed by atoms with Gasteiger partial charge in [-0.1, -0.05) is 101 Å². The van der Waals surface area contributed by atoms with Gasteiger partial charge in [0, 0.05) is 38.9 Å². The number of carbonyl (C=O) groups is 3. The average Bonchev–Trinajstić information content (AvgIpc) is 3.72. The molecule has 5 aromatic rings. The van der Waals surface area contributed by atoms with Crippen molar-refractivity contribution in [1.29, 1.82) is 5.41 Å². The molecule has 292 valence electrons. The molecule has 0 spiro atoms. The first-order chi connectivity index (χ1) is 27.5. The van der Waals surface area contributed by atoms with Gasteiger partial charge in [-0.2, -0.15) is 0 Å². The van der Waals surface area contributed by atoms with E-state index in [1.54, 1.807) is 42.5 Å². The number of thiophene rings is 1. The summed E-state index contributed by atoms with van der Waals surface area (Å²) in [5.74, 6) is -3.25. The number of benzene rings is 4. The monoisotopic (exact) mass is 781 g/mol. The molecule has 0 aliphatic carbocycles. The Kier molecular flexibility index (Phi) is 17.4. The number of para-hydroxylation sites is 2. The average molecular weight is 782 g/mol. The first kappa shape index (κ1) is 44.4. The third-order valence-corrected chi connectivity index (χ3v) is 9.29. The van der Waals surface area contributed by atoms with E-state index in [1.165, 1.54) is 52.6 Å². The van der Waals surface area contributed by atoms with E-state index in [4.69, 9.17) is 10.5 Å². The molecule has 0 saturated heterocycles. The highest BCUT2D eigenvalue weighted by Gasteiger charge is 2.22. The van der Waals surface area contributed by atoms with Crippen LogP contribution in [0, 0.1) is 5.41 Å². The molecule has 2 heterocycles. The fraction of sp³-hybridized carbons (Fsp3) is 0.106. The van der Waals surface area contributed by atoms with E-state index in [9.17, 15) is 24.6 Å². The standard InChI is InChI=1S/C36H29N3O4S.C5H6O2.C4H6.C2H6/c37-34(25-14-17-32(40)29(21-25)36(42)43)30(35(41)38-26-9-3-1-4-10-26)22-28-15-18-33(44-28)24-13-16-31-23(20-24)8-7-19-39(31)27-11-5-2-6-12-27;1-3-4(2)5(6)7;1-3-4-2;1-2/h1-6,9-18,20-22,37,40H,7-8,19H2,(H,38,41)(H,42,43);3H,1-2H2,(H,6,7);3-4H,1-2H2;1-2H3/b30-22-,37-34?;;;. The number of aromatic hydroxyl groups is 1. The van der Waals surface area contributed by atoms with Gasteiger partial charge in [0.2, 0.25) is 0 Å². The molecule has 9 nitrogen and oxygen atoms in total. The van der Waals surface area contributed by atoms with E-state index in [0.29, 0.717) is 5.69 Å². The van der Waals surface area contributed by atoms with Gasteiger partial charge in [0.25, 0.3) is 5.91 Å². The molecule has 0 fully saturated rings. The van der Waals surface area contributed by atoms with Crippen molar-refractivity contribution in [2.24, 2.45) is 0 Å². The van der Waals surface area contributed by atoms with E-state index < -0.39 is 23.6 Å². The van der Waals surface area contributed by atoms with Crippen molar-refractivity contribution in [1.82, 2.24) is 0 Å². The lowest BCUT2D eigenvalue weighted by atomic mass is 9.98. The van der Waals surface area contributed by atoms with Crippen molar-refractivity contribution in [3.05, 3.63) is 186 Å². The number of anilines is 3. The fourth-order valence-electron chi connectivity index (χ4n) is 5.43. The van der Waals surface area contributed by atoms with Gasteiger partial charge in [-0.25, -0.2) is 9.59 Å². The highest BCUT2D eigenvalue weighted by molar-refractivity contribution is 7.16. The first-order valence-electron chi connectivity index (χ1n) is 18.0. The number of phenols is 1. The van der Waals surface area contributed by atoms with Crippen LogP contribution in [0.4, 0.5) is 17.1 Å². The zero-order valence-electron chi connectivity index (χ0n) is 32.1. The highest BCUT2D eigenvalue weighted by Crippen LogP contribution is 2.38. The number of rotatable bonds is 11. The predicted octanol–water partition coefficient (Wildman–Crippen LogP) is 11.2. The molecule has 0 bridgehead atoms. The van der Waals surface area contributed by atoms with Crippen molar-refractivity contribution in [2.75, 3.05) is 16.8 Å². The molecule has 0 radical (unpaired) electrons. The molecule has 0 atom stereocenters. The van der Waals surface area contributed by atoms with Gasteiger partial charge >= 0.3 is 11.9 Å². The van der Waals surface area contributed by atoms with E-state index in [2.05, 4.69) is 79.0 Å². The third-order valence-electron chi connectivity index (χ3n) is 8.21. The molecule has 10 heteroatoms. The summed E-state index contributed by atoms with van der Waals surface area (Å²) in [6.45, 7) is 18.1. The molecule has 4 aromatic carbocycles. The molecule has 1 aliphatic heterocycles. The summed E-state index contributed by atoms with van der Waals surface area (Å²) >= 11 is 1.51. The SMILES string of the molecule is C=CC(=C)C(=O)O.C=CC=C.CC.N=C(/C(=C/c1ccc(-c2ccc3c(c2)CCCN3c2ccccc2)s1)C(=O)Nc1ccccc1)c1ccc(O)c(C(=O)O)c1. The summed E-state index contributed by atoms with van der Waals surface area (Å²) in [7, 11) is 0. The van der Waals surface area contributed by atoms with Crippen molar-refractivity contribution >= 4 is 58.0 Å². The Hall–Kier alpha value is -7.04. The Bertz CT molecular complexity index is 2250. The second-order valence-corrected chi connectivity index (χ2v) is 13.0. The Morgan fingerprint density at radius 1 is 0.842 bits per heavy atom. The third kappa shape index (κ3) is 12.5. The van der Waals surface area contributed by atoms with Crippen molar-refractivity contribution in [3.8, 4) is 16.2 Å². The van der Waals surface area contributed by atoms with Gasteiger partial charge in [0.1, 0.15) is 11.3 Å². The summed E-state index contributed by atoms with van der Waals surface area (Å²) in [4.78, 5) is 39.1. The number of aryl methyl sites for hydroxylation is 1. The summed E-state index contributed by atoms with van der Waals surface area (Å²) in [5, 5.41) is 39.2. The summed E-state index contributed by atoms with van der Waals surface area (Å²) in [6, 6.07) is 33.6. The minimum atomic E-state index is -1.32. The topological polar surface area (TPSA) is 151 Å². The van der Waals surface area contributed by atoms with Crippen LogP contribution in [0.2, 0.25) is 0 Å². The van der Waals surface area contributed by atoms with Crippen molar-refractivity contribution < 1.29 is 29.7 Å². The van der Waals surface area contributed by atoms with Crippen LogP contribution < -0.4 is 10.2 Å². The normalized spacial score (nSPS) is 11.3. The highest BCUT2D eigenvalue weighted by atomic mass is 32.1. The number of amides is 1. The number of aromatic carboxylic acids is 1. The van der Waals surface area contributed by atoms with E-state index in [-0.39, 0.29) is 28.0 Å². The van der Waals surface area contributed by atoms with Crippen LogP contribution in [0.1, 0.15) is 46.6 Å². The van der Waals surface area contributed by atoms with Crippen LogP contribution in [0.25, 0.3) is 16.5 Å². The Balaban J connectivity index is 0.000000585. The summed E-state index contributed by atoms with van der Waals surface area (Å²) in [6.07, 6.45) is 8.18. The number of carboxylic acids is 2. The fourth-order valence-corrected chi connectivity index (χ4v) is 6.38. The van der Waals surface area contributed by atoms with E-state index in [0.717, 1.165) is 34.7 Å². The number of nitrogens with zero attached hydrogens (tertiary/aromatic N) is 1. The second kappa shape index (κ2) is 22.4. The Labute approximate surface area is 338 Å². The van der Waals surface area contributed by atoms with Crippen molar-refractivity contribution in [2.45, 2.75) is 26.7 Å². The Morgan fingerprint density at radius 3 is 2.07 bits per heavy atom. The van der Waals surface area contributed by atoms with E-state index in [1.807, 2.05) is 38.1 Å². The lowest BCUT2D eigenvalue weighted by Gasteiger charge is -2.31. The number of aliphatic carboxylic acids is 1. The van der Waals surface area contributed by atoms with Crippen LogP contribution in [-0.2, 0) is 16.0 Å². The maximum atomic E-state index is 13.5. The number of allylic oxidation sites excluding steroid dienone is 2. The molecule has 57 heavy (non-hydrogen) atoms. The van der Waals surface area contributed by atoms with Gasteiger partial charge in [-0.3, -0.25) is 10.2 Å². The molecule has 6 rings (SSSR count). The minimum absolute atomic E-state index is 0.0278. The number of carboxylic acid groups (broad SMARTS) is 2. The van der Waals surface area contributed by atoms with Crippen LogP contribution in [-0.4, -0.2) is 45.4 Å². The van der Waals surface area contributed by atoms with Gasteiger partial charge in [-0.05, 0) is 96.8 Å². The number of hydrogen-bond donors (Lipinski definition) is 5. The number of nitrogens with one attached hydrogen (secondary N) is 2. The molecule has 0 saturated carbocycles. The molecular weight excluding hydrogens is 735 g/mol. The van der Waals surface area contributed by atoms with E-state index >= 15 is 0 Å². The smallest absolute Gasteiger partial charge is 0.339 e. The lowest BCUT2D eigenvalue weighted by Crippen LogP contribution is -2.24. The molecular formula is C47H47N3O6S. The summed E-state index contributed by atoms with van der Waals surface area (Å²) < 4.78 is 0. The maximum Gasteiger partial charge on any atom is 0.339 e. The molecule has 1 amide bonds. The van der Waals surface area contributed by atoms with Crippen LogP contribution in [0.3, 0.4) is 0 Å². The van der Waals surface area contributed by atoms with Crippen molar-refractivity contribution in [3.63, 3.8) is 0 Å². The Morgan fingerprint density at radius 2 is 1.49 bits per heavy atom. The second-order valence-electron chi connectivity index (χ2n) is 11.9. The molecule has 1 aliphatic rings. The summed E-state index contributed by atoms with van der Waals surface area (Å²) in [5.41, 5.74) is 5.12. The molecule has 0 unspecified atom stereocenters. The van der Waals surface area contributed by atoms with Gasteiger partial charge in [-0.15, -0.1) is 11.3 Å². The predicted molar refractivity (Wildman–Crippen MR) is 235 cm³/mol. The number of hydrogen-bond acceptors (Lipinski definition) is 7. The molecule has 5 N–H and O–H groups in total. The zero-order valence-corrected chi connectivity index (χ0v) is 32.9. The number of fused-ring (bicyclic) bond motifs is 1. The number of carbonyl (C=O) groups excluding carboxylic acids is 1. The van der Waals surface area contributed by atoms with Crippen LogP contribution in [0.5, 0.6) is 5.75 Å². The van der Waals surface area contributed by atoms with Crippen LogP contribution >= 0.6 is 11.3 Å². The first-order valence-corrected chi connectivity index (χ1v) is 18.9. The van der Waals surface area contributed by atoms with Gasteiger partial charge in [0.05, 0.1) is 16.9 Å². The zero-order chi connectivity index (χ0) is 41.9. The quantitative estimate of drug-likeness (QED) is 0.0508. The van der Waals surface area contributed by atoms with Crippen LogP contribution in [0.15, 0.2) is 165 Å². The largest absolute Gasteiger partial charge is 0.507 e. The van der Waals surface area contributed by atoms with Gasteiger partial charge in [0.15, 0.2) is 0 Å². The maximum absolute atomic E-state index is 13.5. The minimum Gasteiger partial charge on any atom is -0.507 e. The lowest BCUT2D eigenvalue weighted by molar-refractivity contribution is -0.132.